The van der Waals surface area contributed by atoms with Gasteiger partial charge in [-0.1, -0.05) is 36.4 Å². The lowest BCUT2D eigenvalue weighted by Crippen LogP contribution is -2.12. The molecule has 3 aromatic rings. The number of hydrogen-bond acceptors (Lipinski definition) is 3. The summed E-state index contributed by atoms with van der Waals surface area (Å²) in [4.78, 5) is 4.65. The zero-order valence-electron chi connectivity index (χ0n) is 11.2. The maximum atomic E-state index is 5.87. The molecule has 1 saturated heterocycles. The van der Waals surface area contributed by atoms with Gasteiger partial charge >= 0.3 is 0 Å². The number of oxazole rings is 1. The van der Waals surface area contributed by atoms with Gasteiger partial charge in [-0.25, -0.2) is 4.98 Å². The normalized spacial score (nSPS) is 18.7. The highest BCUT2D eigenvalue weighted by Gasteiger charge is 2.21. The second-order valence-corrected chi connectivity index (χ2v) is 5.25. The van der Waals surface area contributed by atoms with Crippen LogP contribution in [0.1, 0.15) is 24.8 Å². The van der Waals surface area contributed by atoms with Crippen molar-refractivity contribution in [3.05, 3.63) is 54.4 Å². The lowest BCUT2D eigenvalue weighted by Gasteiger charge is -2.02. The number of fused-ring (bicyclic) bond motifs is 1. The SMILES string of the molecule is c1ccc(-c2ccc3oc([C@@H]4CCCN4)nc3c2)cc1. The molecule has 2 aromatic carbocycles. The quantitative estimate of drug-likeness (QED) is 0.762. The number of nitrogens with one attached hydrogen (secondary N) is 1. The Hall–Kier alpha value is -2.13. The molecule has 100 valence electrons. The monoisotopic (exact) mass is 264 g/mol. The van der Waals surface area contributed by atoms with Crippen molar-refractivity contribution in [2.75, 3.05) is 6.54 Å². The summed E-state index contributed by atoms with van der Waals surface area (Å²) in [7, 11) is 0. The average Bonchev–Trinajstić information content (AvgIpc) is 3.16. The first-order chi connectivity index (χ1) is 9.90. The van der Waals surface area contributed by atoms with Crippen molar-refractivity contribution in [3.63, 3.8) is 0 Å². The van der Waals surface area contributed by atoms with E-state index >= 15 is 0 Å². The molecular formula is C17H16N2O. The van der Waals surface area contributed by atoms with Crippen LogP contribution in [0.5, 0.6) is 0 Å². The second kappa shape index (κ2) is 4.76. The second-order valence-electron chi connectivity index (χ2n) is 5.25. The predicted octanol–water partition coefficient (Wildman–Crippen LogP) is 3.92. The van der Waals surface area contributed by atoms with Crippen LogP contribution in [-0.2, 0) is 0 Å². The topological polar surface area (TPSA) is 38.1 Å². The molecule has 1 aliphatic heterocycles. The molecule has 0 aliphatic carbocycles. The fourth-order valence-electron chi connectivity index (χ4n) is 2.80. The van der Waals surface area contributed by atoms with Gasteiger partial charge in [0.05, 0.1) is 6.04 Å². The van der Waals surface area contributed by atoms with E-state index in [1.165, 1.54) is 17.5 Å². The molecule has 0 unspecified atom stereocenters. The van der Waals surface area contributed by atoms with Crippen molar-refractivity contribution in [2.24, 2.45) is 0 Å². The molecule has 1 aromatic heterocycles. The van der Waals surface area contributed by atoms with Crippen LogP contribution in [0.4, 0.5) is 0 Å². The summed E-state index contributed by atoms with van der Waals surface area (Å²) < 4.78 is 5.87. The molecule has 0 amide bonds. The molecule has 0 spiro atoms. The standard InChI is InChI=1S/C17H16N2O/c1-2-5-12(6-3-1)13-8-9-16-15(11-13)19-17(20-16)14-7-4-10-18-14/h1-3,5-6,8-9,11,14,18H,4,7,10H2/t14-/m0/s1. The maximum Gasteiger partial charge on any atom is 0.212 e. The number of hydrogen-bond donors (Lipinski definition) is 1. The van der Waals surface area contributed by atoms with Crippen LogP contribution in [0.2, 0.25) is 0 Å². The molecule has 3 heteroatoms. The van der Waals surface area contributed by atoms with Crippen LogP contribution in [0.25, 0.3) is 22.2 Å². The van der Waals surface area contributed by atoms with Crippen molar-refractivity contribution in [3.8, 4) is 11.1 Å². The van der Waals surface area contributed by atoms with E-state index in [1.54, 1.807) is 0 Å². The summed E-state index contributed by atoms with van der Waals surface area (Å²) in [5, 5.41) is 3.42. The minimum atomic E-state index is 0.280. The van der Waals surface area contributed by atoms with Crippen LogP contribution < -0.4 is 5.32 Å². The summed E-state index contributed by atoms with van der Waals surface area (Å²) >= 11 is 0. The highest BCUT2D eigenvalue weighted by molar-refractivity contribution is 5.80. The summed E-state index contributed by atoms with van der Waals surface area (Å²) in [5.74, 6) is 0.822. The van der Waals surface area contributed by atoms with E-state index < -0.39 is 0 Å². The first kappa shape index (κ1) is 11.7. The lowest BCUT2D eigenvalue weighted by atomic mass is 10.1. The van der Waals surface area contributed by atoms with Crippen LogP contribution >= 0.6 is 0 Å². The highest BCUT2D eigenvalue weighted by Crippen LogP contribution is 2.28. The van der Waals surface area contributed by atoms with Crippen molar-refractivity contribution >= 4 is 11.1 Å². The zero-order valence-corrected chi connectivity index (χ0v) is 11.2. The molecule has 0 radical (unpaired) electrons. The number of rotatable bonds is 2. The Morgan fingerprint density at radius 3 is 2.75 bits per heavy atom. The molecule has 0 bridgehead atoms. The van der Waals surface area contributed by atoms with E-state index in [2.05, 4.69) is 46.7 Å². The smallest absolute Gasteiger partial charge is 0.212 e. The first-order valence-corrected chi connectivity index (χ1v) is 7.09. The van der Waals surface area contributed by atoms with E-state index in [0.29, 0.717) is 0 Å². The van der Waals surface area contributed by atoms with E-state index in [0.717, 1.165) is 30.0 Å². The Labute approximate surface area is 117 Å². The summed E-state index contributed by atoms with van der Waals surface area (Å²) in [6.45, 7) is 1.05. The van der Waals surface area contributed by atoms with Crippen LogP contribution in [0, 0.1) is 0 Å². The fraction of sp³-hybridized carbons (Fsp3) is 0.235. The van der Waals surface area contributed by atoms with Gasteiger partial charge in [0.1, 0.15) is 5.52 Å². The average molecular weight is 264 g/mol. The fourth-order valence-corrected chi connectivity index (χ4v) is 2.80. The van der Waals surface area contributed by atoms with Gasteiger partial charge in [0, 0.05) is 0 Å². The Kier molecular flexibility index (Phi) is 2.78. The number of nitrogens with zero attached hydrogens (tertiary/aromatic N) is 1. The van der Waals surface area contributed by atoms with Crippen LogP contribution in [-0.4, -0.2) is 11.5 Å². The largest absolute Gasteiger partial charge is 0.439 e. The van der Waals surface area contributed by atoms with E-state index in [1.807, 2.05) is 12.1 Å². The molecule has 1 aliphatic rings. The van der Waals surface area contributed by atoms with E-state index in [9.17, 15) is 0 Å². The van der Waals surface area contributed by atoms with Gasteiger partial charge < -0.3 is 9.73 Å². The van der Waals surface area contributed by atoms with Gasteiger partial charge in [-0.2, -0.15) is 0 Å². The highest BCUT2D eigenvalue weighted by atomic mass is 16.3. The van der Waals surface area contributed by atoms with Gasteiger partial charge in [-0.3, -0.25) is 0 Å². The summed E-state index contributed by atoms with van der Waals surface area (Å²) in [5.41, 5.74) is 4.19. The third-order valence-corrected chi connectivity index (χ3v) is 3.87. The molecule has 1 atom stereocenters. The van der Waals surface area contributed by atoms with Crippen LogP contribution in [0.15, 0.2) is 52.9 Å². The van der Waals surface area contributed by atoms with Gasteiger partial charge in [0.15, 0.2) is 5.58 Å². The molecule has 4 rings (SSSR count). The molecule has 1 fully saturated rings. The van der Waals surface area contributed by atoms with Crippen molar-refractivity contribution < 1.29 is 4.42 Å². The molecule has 3 nitrogen and oxygen atoms in total. The third-order valence-electron chi connectivity index (χ3n) is 3.87. The summed E-state index contributed by atoms with van der Waals surface area (Å²) in [6, 6.07) is 16.8. The van der Waals surface area contributed by atoms with E-state index in [-0.39, 0.29) is 6.04 Å². The lowest BCUT2D eigenvalue weighted by molar-refractivity contribution is 0.452. The predicted molar refractivity (Wildman–Crippen MR) is 79.4 cm³/mol. The zero-order chi connectivity index (χ0) is 13.4. The minimum Gasteiger partial charge on any atom is -0.439 e. The Morgan fingerprint density at radius 1 is 1.05 bits per heavy atom. The Morgan fingerprint density at radius 2 is 1.95 bits per heavy atom. The number of benzene rings is 2. The third kappa shape index (κ3) is 2.00. The van der Waals surface area contributed by atoms with Crippen molar-refractivity contribution in [2.45, 2.75) is 18.9 Å². The Balaban J connectivity index is 1.76. The Bertz CT molecular complexity index is 727. The molecule has 1 N–H and O–H groups in total. The van der Waals surface area contributed by atoms with E-state index in [4.69, 9.17) is 4.42 Å². The molecular weight excluding hydrogens is 248 g/mol. The molecule has 20 heavy (non-hydrogen) atoms. The van der Waals surface area contributed by atoms with Gasteiger partial charge in [0.2, 0.25) is 5.89 Å². The van der Waals surface area contributed by atoms with Gasteiger partial charge in [0.25, 0.3) is 0 Å². The number of aromatic nitrogens is 1. The minimum absolute atomic E-state index is 0.280. The van der Waals surface area contributed by atoms with Crippen molar-refractivity contribution in [1.29, 1.82) is 0 Å². The summed E-state index contributed by atoms with van der Waals surface area (Å²) in [6.07, 6.45) is 2.30. The maximum absolute atomic E-state index is 5.87. The molecule has 2 heterocycles. The van der Waals surface area contributed by atoms with Gasteiger partial charge in [-0.15, -0.1) is 0 Å². The van der Waals surface area contributed by atoms with Crippen molar-refractivity contribution in [1.82, 2.24) is 10.3 Å². The van der Waals surface area contributed by atoms with Gasteiger partial charge in [-0.05, 0) is 42.6 Å². The van der Waals surface area contributed by atoms with Crippen LogP contribution in [0.3, 0.4) is 0 Å². The first-order valence-electron chi connectivity index (χ1n) is 7.09. The molecule has 0 saturated carbocycles.